The average Bonchev–Trinajstić information content (AvgIpc) is 2.85. The molecule has 1 aromatic carbocycles. The summed E-state index contributed by atoms with van der Waals surface area (Å²) in [5, 5.41) is 5.49. The molecule has 0 aliphatic rings. The van der Waals surface area contributed by atoms with E-state index in [0.717, 1.165) is 11.6 Å². The van der Waals surface area contributed by atoms with Gasteiger partial charge in [-0.15, -0.1) is 11.3 Å². The van der Waals surface area contributed by atoms with E-state index in [9.17, 15) is 0 Å². The zero-order valence-electron chi connectivity index (χ0n) is 12.4. The molecular weight excluding hydrogens is 288 g/mol. The summed E-state index contributed by atoms with van der Waals surface area (Å²) in [4.78, 5) is 5.78. The van der Waals surface area contributed by atoms with Crippen LogP contribution in [0.5, 0.6) is 0 Å². The Kier molecular flexibility index (Phi) is 4.84. The van der Waals surface area contributed by atoms with Gasteiger partial charge in [0.15, 0.2) is 0 Å². The van der Waals surface area contributed by atoms with E-state index in [4.69, 9.17) is 11.6 Å². The lowest BCUT2D eigenvalue weighted by Crippen LogP contribution is -2.17. The molecule has 0 radical (unpaired) electrons. The van der Waals surface area contributed by atoms with E-state index in [0.29, 0.717) is 6.04 Å². The first-order chi connectivity index (χ1) is 9.36. The fraction of sp³-hybridized carbons (Fsp3) is 0.438. The van der Waals surface area contributed by atoms with Crippen LogP contribution in [0.2, 0.25) is 5.02 Å². The lowest BCUT2D eigenvalue weighted by atomic mass is 9.98. The van der Waals surface area contributed by atoms with Gasteiger partial charge in [0.1, 0.15) is 0 Å². The highest BCUT2D eigenvalue weighted by Gasteiger charge is 2.18. The fourth-order valence-electron chi connectivity index (χ4n) is 1.86. The molecule has 20 heavy (non-hydrogen) atoms. The molecule has 1 N–H and O–H groups in total. The van der Waals surface area contributed by atoms with Crippen LogP contribution in [0.4, 0.5) is 0 Å². The number of thiazole rings is 1. The first-order valence-electron chi connectivity index (χ1n) is 6.80. The van der Waals surface area contributed by atoms with Crippen molar-refractivity contribution in [3.63, 3.8) is 0 Å². The van der Waals surface area contributed by atoms with Gasteiger partial charge >= 0.3 is 0 Å². The van der Waals surface area contributed by atoms with Crippen LogP contribution in [-0.4, -0.2) is 4.98 Å². The van der Waals surface area contributed by atoms with Crippen molar-refractivity contribution in [1.82, 2.24) is 10.3 Å². The molecule has 108 valence electrons. The maximum Gasteiger partial charge on any atom is 0.0981 e. The number of rotatable bonds is 4. The Morgan fingerprint density at radius 1 is 1.25 bits per heavy atom. The monoisotopic (exact) mass is 308 g/mol. The third-order valence-corrected chi connectivity index (χ3v) is 4.82. The van der Waals surface area contributed by atoms with Gasteiger partial charge < -0.3 is 5.32 Å². The molecule has 0 bridgehead atoms. The molecule has 2 aromatic rings. The molecule has 0 saturated carbocycles. The standard InChI is InChI=1S/C16H21ClN2S/c1-11(12-5-7-13(17)8-6-12)18-9-14-10-19-15(20-14)16(2,3)4/h5-8,10-11,18H,9H2,1-4H3/t11-/m0/s1. The zero-order valence-corrected chi connectivity index (χ0v) is 14.0. The second kappa shape index (κ2) is 6.25. The molecule has 0 aliphatic carbocycles. The predicted molar refractivity (Wildman–Crippen MR) is 87.5 cm³/mol. The van der Waals surface area contributed by atoms with E-state index in [2.05, 4.69) is 50.1 Å². The SMILES string of the molecule is C[C@H](NCc1cnc(C(C)(C)C)s1)c1ccc(Cl)cc1. The Morgan fingerprint density at radius 2 is 1.90 bits per heavy atom. The molecule has 2 nitrogen and oxygen atoms in total. The van der Waals surface area contributed by atoms with Gasteiger partial charge in [0.25, 0.3) is 0 Å². The van der Waals surface area contributed by atoms with Gasteiger partial charge in [-0.3, -0.25) is 0 Å². The zero-order chi connectivity index (χ0) is 14.8. The van der Waals surface area contributed by atoms with Gasteiger partial charge in [-0.1, -0.05) is 44.5 Å². The van der Waals surface area contributed by atoms with Crippen molar-refractivity contribution in [3.05, 3.63) is 50.9 Å². The molecule has 0 spiro atoms. The number of halogens is 1. The number of hydrogen-bond donors (Lipinski definition) is 1. The van der Waals surface area contributed by atoms with E-state index < -0.39 is 0 Å². The highest BCUT2D eigenvalue weighted by Crippen LogP contribution is 2.27. The van der Waals surface area contributed by atoms with Crippen molar-refractivity contribution in [2.24, 2.45) is 0 Å². The summed E-state index contributed by atoms with van der Waals surface area (Å²) in [5.41, 5.74) is 1.38. The molecule has 4 heteroatoms. The first kappa shape index (κ1) is 15.5. The van der Waals surface area contributed by atoms with E-state index >= 15 is 0 Å². The Morgan fingerprint density at radius 3 is 2.45 bits per heavy atom. The van der Waals surface area contributed by atoms with Crippen molar-refractivity contribution in [2.45, 2.75) is 45.7 Å². The molecule has 0 fully saturated rings. The van der Waals surface area contributed by atoms with Crippen LogP contribution in [0.1, 0.15) is 49.2 Å². The third kappa shape index (κ3) is 4.05. The highest BCUT2D eigenvalue weighted by molar-refractivity contribution is 7.11. The smallest absolute Gasteiger partial charge is 0.0981 e. The highest BCUT2D eigenvalue weighted by atomic mass is 35.5. The predicted octanol–water partition coefficient (Wildman–Crippen LogP) is 4.94. The lowest BCUT2D eigenvalue weighted by molar-refractivity contribution is 0.578. The van der Waals surface area contributed by atoms with Gasteiger partial charge in [-0.05, 0) is 24.6 Å². The summed E-state index contributed by atoms with van der Waals surface area (Å²) in [6, 6.07) is 8.28. The van der Waals surface area contributed by atoms with Gasteiger partial charge in [0, 0.05) is 34.1 Å². The van der Waals surface area contributed by atoms with Gasteiger partial charge in [0.2, 0.25) is 0 Å². The summed E-state index contributed by atoms with van der Waals surface area (Å²) in [6.07, 6.45) is 1.98. The molecule has 0 saturated heterocycles. The molecule has 0 unspecified atom stereocenters. The summed E-state index contributed by atoms with van der Waals surface area (Å²) >= 11 is 7.69. The van der Waals surface area contributed by atoms with E-state index in [1.807, 2.05) is 18.3 Å². The van der Waals surface area contributed by atoms with Crippen LogP contribution < -0.4 is 5.32 Å². The Balaban J connectivity index is 1.95. The molecule has 0 amide bonds. The van der Waals surface area contributed by atoms with Crippen molar-refractivity contribution in [1.29, 1.82) is 0 Å². The number of benzene rings is 1. The number of hydrogen-bond acceptors (Lipinski definition) is 3. The van der Waals surface area contributed by atoms with Gasteiger partial charge in [-0.2, -0.15) is 0 Å². The maximum absolute atomic E-state index is 5.91. The molecular formula is C16H21ClN2S. The maximum atomic E-state index is 5.91. The van der Waals surface area contributed by atoms with Crippen LogP contribution in [-0.2, 0) is 12.0 Å². The minimum atomic E-state index is 0.130. The minimum Gasteiger partial charge on any atom is -0.305 e. The second-order valence-electron chi connectivity index (χ2n) is 6.04. The van der Waals surface area contributed by atoms with Crippen LogP contribution in [0.25, 0.3) is 0 Å². The van der Waals surface area contributed by atoms with Crippen LogP contribution >= 0.6 is 22.9 Å². The van der Waals surface area contributed by atoms with Crippen molar-refractivity contribution < 1.29 is 0 Å². The summed E-state index contributed by atoms with van der Waals surface area (Å²) < 4.78 is 0. The van der Waals surface area contributed by atoms with E-state index in [-0.39, 0.29) is 5.41 Å². The van der Waals surface area contributed by atoms with Crippen molar-refractivity contribution in [2.75, 3.05) is 0 Å². The van der Waals surface area contributed by atoms with Crippen LogP contribution in [0.3, 0.4) is 0 Å². The van der Waals surface area contributed by atoms with Gasteiger partial charge in [0.05, 0.1) is 5.01 Å². The minimum absolute atomic E-state index is 0.130. The molecule has 1 atom stereocenters. The van der Waals surface area contributed by atoms with Crippen molar-refractivity contribution in [3.8, 4) is 0 Å². The normalized spacial score (nSPS) is 13.4. The lowest BCUT2D eigenvalue weighted by Gasteiger charge is -2.14. The number of nitrogens with one attached hydrogen (secondary N) is 1. The van der Waals surface area contributed by atoms with Gasteiger partial charge in [-0.25, -0.2) is 4.98 Å². The summed E-state index contributed by atoms with van der Waals surface area (Å²) in [7, 11) is 0. The third-order valence-electron chi connectivity index (χ3n) is 3.15. The summed E-state index contributed by atoms with van der Waals surface area (Å²) in [5.74, 6) is 0. The Hall–Kier alpha value is -0.900. The van der Waals surface area contributed by atoms with Crippen molar-refractivity contribution >= 4 is 22.9 Å². The Bertz CT molecular complexity index is 555. The summed E-state index contributed by atoms with van der Waals surface area (Å²) in [6.45, 7) is 9.59. The average molecular weight is 309 g/mol. The van der Waals surface area contributed by atoms with E-state index in [1.165, 1.54) is 15.4 Å². The molecule has 1 heterocycles. The van der Waals surface area contributed by atoms with Crippen LogP contribution in [0, 0.1) is 0 Å². The molecule has 2 rings (SSSR count). The molecule has 0 aliphatic heterocycles. The topological polar surface area (TPSA) is 24.9 Å². The second-order valence-corrected chi connectivity index (χ2v) is 7.59. The fourth-order valence-corrected chi connectivity index (χ4v) is 2.91. The van der Waals surface area contributed by atoms with E-state index in [1.54, 1.807) is 11.3 Å². The first-order valence-corrected chi connectivity index (χ1v) is 8.00. The largest absolute Gasteiger partial charge is 0.305 e. The van der Waals surface area contributed by atoms with Crippen LogP contribution in [0.15, 0.2) is 30.5 Å². The number of nitrogens with zero attached hydrogens (tertiary/aromatic N) is 1. The quantitative estimate of drug-likeness (QED) is 0.865. The Labute approximate surface area is 130 Å². The molecule has 1 aromatic heterocycles. The number of aromatic nitrogens is 1.